The number of fused-ring (bicyclic) bond motifs is 1. The first-order chi connectivity index (χ1) is 16.7. The third kappa shape index (κ3) is 5.07. The van der Waals surface area contributed by atoms with E-state index in [1.807, 2.05) is 12.1 Å². The van der Waals surface area contributed by atoms with Gasteiger partial charge in [-0.25, -0.2) is 0 Å². The molecule has 2 aliphatic heterocycles. The van der Waals surface area contributed by atoms with Gasteiger partial charge in [0, 0.05) is 30.0 Å². The van der Waals surface area contributed by atoms with Crippen LogP contribution in [0.15, 0.2) is 66.7 Å². The van der Waals surface area contributed by atoms with E-state index in [1.165, 1.54) is 54.6 Å². The first-order valence-electron chi connectivity index (χ1n) is 12.5. The summed E-state index contributed by atoms with van der Waals surface area (Å²) in [7, 11) is 1.70. The molecular weight excluding hydrogens is 422 g/mol. The van der Waals surface area contributed by atoms with Crippen molar-refractivity contribution in [2.45, 2.75) is 38.0 Å². The van der Waals surface area contributed by atoms with E-state index >= 15 is 0 Å². The summed E-state index contributed by atoms with van der Waals surface area (Å²) in [5.41, 5.74) is 5.06. The average Bonchev–Trinajstić information content (AvgIpc) is 2.89. The van der Waals surface area contributed by atoms with Gasteiger partial charge in [-0.2, -0.15) is 0 Å². The maximum atomic E-state index is 6.24. The van der Waals surface area contributed by atoms with E-state index in [2.05, 4.69) is 66.4 Å². The van der Waals surface area contributed by atoms with Crippen LogP contribution in [0, 0.1) is 6.92 Å². The van der Waals surface area contributed by atoms with E-state index in [0.29, 0.717) is 6.61 Å². The van der Waals surface area contributed by atoms with Crippen molar-refractivity contribution in [3.8, 4) is 17.2 Å². The van der Waals surface area contributed by atoms with Crippen LogP contribution in [-0.4, -0.2) is 44.9 Å². The zero-order chi connectivity index (χ0) is 23.3. The minimum atomic E-state index is 0.208. The lowest BCUT2D eigenvalue weighted by molar-refractivity contribution is 0.183. The normalized spacial score (nSPS) is 20.3. The van der Waals surface area contributed by atoms with Crippen molar-refractivity contribution in [1.29, 1.82) is 0 Å². The Bertz CT molecular complexity index is 1070. The fourth-order valence-corrected chi connectivity index (χ4v) is 5.28. The summed E-state index contributed by atoms with van der Waals surface area (Å²) < 4.78 is 17.8. The van der Waals surface area contributed by atoms with Crippen molar-refractivity contribution in [1.82, 2.24) is 4.90 Å². The summed E-state index contributed by atoms with van der Waals surface area (Å²) in [5.74, 6) is 3.13. The second kappa shape index (κ2) is 10.5. The maximum Gasteiger partial charge on any atom is 0.126 e. The summed E-state index contributed by atoms with van der Waals surface area (Å²) in [6, 6.07) is 23.7. The van der Waals surface area contributed by atoms with Gasteiger partial charge in [0.15, 0.2) is 0 Å². The molecule has 5 rings (SSSR count). The Hall–Kier alpha value is -2.98. The van der Waals surface area contributed by atoms with Crippen molar-refractivity contribution in [2.75, 3.05) is 40.0 Å². The molecule has 2 heterocycles. The van der Waals surface area contributed by atoms with Gasteiger partial charge in [-0.1, -0.05) is 54.4 Å². The molecule has 1 saturated heterocycles. The summed E-state index contributed by atoms with van der Waals surface area (Å²) in [5, 5.41) is 0. The Morgan fingerprint density at radius 3 is 2.29 bits per heavy atom. The minimum absolute atomic E-state index is 0.208. The third-order valence-corrected chi connectivity index (χ3v) is 7.25. The molecule has 2 aliphatic rings. The highest BCUT2D eigenvalue weighted by molar-refractivity contribution is 5.51. The van der Waals surface area contributed by atoms with E-state index in [0.717, 1.165) is 30.4 Å². The first-order valence-corrected chi connectivity index (χ1v) is 12.5. The highest BCUT2D eigenvalue weighted by Crippen LogP contribution is 2.47. The predicted molar refractivity (Wildman–Crippen MR) is 136 cm³/mol. The van der Waals surface area contributed by atoms with E-state index in [1.54, 1.807) is 7.11 Å². The molecular formula is C30H35NO3. The SMILES string of the molecule is COc1ccc2c(c1)OC[C@@H](c1ccc(C)cc1)[C@H]2c1ccc(OCCN2CCCCC2)cc1. The zero-order valence-electron chi connectivity index (χ0n) is 20.3. The van der Waals surface area contributed by atoms with Crippen molar-refractivity contribution >= 4 is 0 Å². The number of aryl methyl sites for hydroxylation is 1. The molecule has 4 heteroatoms. The molecule has 3 aromatic rings. The number of hydrogen-bond acceptors (Lipinski definition) is 4. The lowest BCUT2D eigenvalue weighted by Gasteiger charge is -2.35. The van der Waals surface area contributed by atoms with E-state index < -0.39 is 0 Å². The molecule has 0 N–H and O–H groups in total. The Kier molecular flexibility index (Phi) is 7.05. The quantitative estimate of drug-likeness (QED) is 0.424. The molecule has 178 valence electrons. The molecule has 0 saturated carbocycles. The number of hydrogen-bond donors (Lipinski definition) is 0. The van der Waals surface area contributed by atoms with Crippen LogP contribution in [0.2, 0.25) is 0 Å². The highest BCUT2D eigenvalue weighted by atomic mass is 16.5. The van der Waals surface area contributed by atoms with E-state index in [9.17, 15) is 0 Å². The van der Waals surface area contributed by atoms with Gasteiger partial charge in [-0.15, -0.1) is 0 Å². The first kappa shape index (κ1) is 22.8. The molecule has 0 radical (unpaired) electrons. The van der Waals surface area contributed by atoms with Crippen LogP contribution in [0.25, 0.3) is 0 Å². The fraction of sp³-hybridized carbons (Fsp3) is 0.400. The van der Waals surface area contributed by atoms with Crippen LogP contribution in [0.4, 0.5) is 0 Å². The molecule has 0 amide bonds. The van der Waals surface area contributed by atoms with Crippen LogP contribution < -0.4 is 14.2 Å². The summed E-state index contributed by atoms with van der Waals surface area (Å²) in [4.78, 5) is 2.51. The topological polar surface area (TPSA) is 30.9 Å². The lowest BCUT2D eigenvalue weighted by atomic mass is 9.76. The molecule has 2 atom stereocenters. The van der Waals surface area contributed by atoms with Gasteiger partial charge in [0.05, 0.1) is 13.7 Å². The van der Waals surface area contributed by atoms with Crippen molar-refractivity contribution in [3.05, 3.63) is 89.0 Å². The molecule has 3 aromatic carbocycles. The molecule has 1 fully saturated rings. The second-order valence-corrected chi connectivity index (χ2v) is 9.53. The van der Waals surface area contributed by atoms with E-state index in [4.69, 9.17) is 14.2 Å². The minimum Gasteiger partial charge on any atom is -0.497 e. The van der Waals surface area contributed by atoms with Gasteiger partial charge in [0.25, 0.3) is 0 Å². The molecule has 0 unspecified atom stereocenters. The standard InChI is InChI=1S/C30H35NO3/c1-22-6-8-23(9-7-22)28-21-34-29-20-26(32-2)14-15-27(29)30(28)24-10-12-25(13-11-24)33-19-18-31-16-4-3-5-17-31/h6-15,20,28,30H,3-5,16-19,21H2,1-2H3/t28-,30-/m0/s1. The Morgan fingerprint density at radius 1 is 0.853 bits per heavy atom. The van der Waals surface area contributed by atoms with Crippen LogP contribution in [0.1, 0.15) is 53.4 Å². The number of likely N-dealkylation sites (tertiary alicyclic amines) is 1. The Labute approximate surface area is 203 Å². The Balaban J connectivity index is 1.37. The summed E-state index contributed by atoms with van der Waals surface area (Å²) in [6.07, 6.45) is 4.00. The molecule has 34 heavy (non-hydrogen) atoms. The number of nitrogens with zero attached hydrogens (tertiary/aromatic N) is 1. The second-order valence-electron chi connectivity index (χ2n) is 9.53. The van der Waals surface area contributed by atoms with Crippen molar-refractivity contribution < 1.29 is 14.2 Å². The van der Waals surface area contributed by atoms with Gasteiger partial charge in [-0.05, 0) is 62.2 Å². The smallest absolute Gasteiger partial charge is 0.126 e. The third-order valence-electron chi connectivity index (χ3n) is 7.25. The molecule has 0 bridgehead atoms. The van der Waals surface area contributed by atoms with Gasteiger partial charge in [-0.3, -0.25) is 4.90 Å². The van der Waals surface area contributed by atoms with Gasteiger partial charge >= 0.3 is 0 Å². The zero-order valence-corrected chi connectivity index (χ0v) is 20.3. The number of ether oxygens (including phenoxy) is 3. The Morgan fingerprint density at radius 2 is 1.56 bits per heavy atom. The maximum absolute atomic E-state index is 6.24. The lowest BCUT2D eigenvalue weighted by Crippen LogP contribution is -2.33. The fourth-order valence-electron chi connectivity index (χ4n) is 5.28. The number of benzene rings is 3. The van der Waals surface area contributed by atoms with Gasteiger partial charge in [0.2, 0.25) is 0 Å². The van der Waals surface area contributed by atoms with Gasteiger partial charge < -0.3 is 14.2 Å². The highest BCUT2D eigenvalue weighted by Gasteiger charge is 2.33. The number of piperidine rings is 1. The number of methoxy groups -OCH3 is 1. The molecule has 0 spiro atoms. The van der Waals surface area contributed by atoms with Crippen molar-refractivity contribution in [2.24, 2.45) is 0 Å². The van der Waals surface area contributed by atoms with E-state index in [-0.39, 0.29) is 11.8 Å². The molecule has 0 aliphatic carbocycles. The number of rotatable bonds is 7. The van der Waals surface area contributed by atoms with Gasteiger partial charge in [0.1, 0.15) is 23.9 Å². The van der Waals surface area contributed by atoms with Crippen LogP contribution in [-0.2, 0) is 0 Å². The van der Waals surface area contributed by atoms with Crippen LogP contribution >= 0.6 is 0 Å². The summed E-state index contributed by atoms with van der Waals surface area (Å²) in [6.45, 7) is 6.93. The average molecular weight is 458 g/mol. The predicted octanol–water partition coefficient (Wildman–Crippen LogP) is 6.18. The summed E-state index contributed by atoms with van der Waals surface area (Å²) >= 11 is 0. The molecule has 4 nitrogen and oxygen atoms in total. The van der Waals surface area contributed by atoms with Crippen molar-refractivity contribution in [3.63, 3.8) is 0 Å². The largest absolute Gasteiger partial charge is 0.497 e. The van der Waals surface area contributed by atoms with Crippen LogP contribution in [0.5, 0.6) is 17.2 Å². The van der Waals surface area contributed by atoms with Crippen LogP contribution in [0.3, 0.4) is 0 Å². The monoisotopic (exact) mass is 457 g/mol. The molecule has 0 aromatic heterocycles.